The fourth-order valence-corrected chi connectivity index (χ4v) is 4.28. The maximum atomic E-state index is 15.0. The first-order valence-electron chi connectivity index (χ1n) is 11.4. The molecular weight excluding hydrogens is 475 g/mol. The number of aliphatic hydroxyl groups is 1. The summed E-state index contributed by atoms with van der Waals surface area (Å²) in [6.45, 7) is 4.08. The smallest absolute Gasteiger partial charge is 0.298 e. The molecule has 1 atom stereocenters. The van der Waals surface area contributed by atoms with Crippen LogP contribution in [-0.2, 0) is 10.7 Å². The van der Waals surface area contributed by atoms with Crippen LogP contribution >= 0.6 is 0 Å². The van der Waals surface area contributed by atoms with Gasteiger partial charge in [-0.25, -0.2) is 14.4 Å². The van der Waals surface area contributed by atoms with Crippen molar-refractivity contribution in [3.8, 4) is 0 Å². The van der Waals surface area contributed by atoms with Crippen LogP contribution in [0.1, 0.15) is 48.8 Å². The molecule has 0 aliphatic carbocycles. The zero-order valence-corrected chi connectivity index (χ0v) is 20.0. The van der Waals surface area contributed by atoms with Gasteiger partial charge in [-0.3, -0.25) is 9.59 Å². The van der Waals surface area contributed by atoms with Crippen LogP contribution < -0.4 is 10.9 Å². The highest BCUT2D eigenvalue weighted by molar-refractivity contribution is 5.89. The summed E-state index contributed by atoms with van der Waals surface area (Å²) in [7, 11) is 0. The Bertz CT molecular complexity index is 1420. The lowest BCUT2D eigenvalue weighted by atomic mass is 9.99. The molecule has 1 amide bonds. The molecule has 0 radical (unpaired) electrons. The van der Waals surface area contributed by atoms with Gasteiger partial charge in [0.15, 0.2) is 0 Å². The van der Waals surface area contributed by atoms with Crippen LogP contribution in [0.2, 0.25) is 0 Å². The first kappa shape index (κ1) is 25.4. The predicted molar refractivity (Wildman–Crippen MR) is 129 cm³/mol. The van der Waals surface area contributed by atoms with Crippen LogP contribution in [0.15, 0.2) is 35.1 Å². The van der Waals surface area contributed by atoms with Gasteiger partial charge in [0.2, 0.25) is 5.91 Å². The fraction of sp³-hybridized carbons (Fsp3) is 0.360. The molecule has 8 nitrogen and oxygen atoms in total. The average molecular weight is 502 g/mol. The Morgan fingerprint density at radius 1 is 1.33 bits per heavy atom. The van der Waals surface area contributed by atoms with E-state index in [9.17, 15) is 18.4 Å². The van der Waals surface area contributed by atoms with E-state index in [1.165, 1.54) is 19.1 Å². The second-order valence-electron chi connectivity index (χ2n) is 8.78. The van der Waals surface area contributed by atoms with E-state index in [1.807, 2.05) is 6.08 Å². The number of amides is 1. The number of nitrogens with zero attached hydrogens (tertiary/aromatic N) is 3. The van der Waals surface area contributed by atoms with Gasteiger partial charge < -0.3 is 20.3 Å². The van der Waals surface area contributed by atoms with Crippen LogP contribution in [-0.4, -0.2) is 50.6 Å². The highest BCUT2D eigenvalue weighted by Crippen LogP contribution is 2.34. The molecule has 0 spiro atoms. The highest BCUT2D eigenvalue weighted by atomic mass is 19.3. The standard InChI is InChI=1S/C25H26F3N5O3/c1-13(17-5-4-6-20(21(17)26)25(27,28)12-34)29-22-19-11-18(16-7-9-33(10-8-16)15(3)35)24(36)32-23(19)31-14(2)30-22/h4-7,11,13,34H,8-10,12H2,1-3H3,(H2,29,30,31,32,36)/t13-/m1/s1. The molecule has 1 aliphatic heterocycles. The number of benzene rings is 1. The number of fused-ring (bicyclic) bond motifs is 1. The molecule has 1 aromatic carbocycles. The number of aromatic nitrogens is 3. The van der Waals surface area contributed by atoms with Gasteiger partial charge in [-0.15, -0.1) is 0 Å². The van der Waals surface area contributed by atoms with Crippen molar-refractivity contribution >= 4 is 28.3 Å². The summed E-state index contributed by atoms with van der Waals surface area (Å²) in [5.41, 5.74) is 0.190. The number of aromatic amines is 1. The van der Waals surface area contributed by atoms with Gasteiger partial charge in [-0.05, 0) is 38.0 Å². The number of pyridine rings is 1. The number of aliphatic hydroxyl groups excluding tert-OH is 1. The Balaban J connectivity index is 1.74. The largest absolute Gasteiger partial charge is 0.390 e. The maximum absolute atomic E-state index is 15.0. The molecule has 0 saturated heterocycles. The summed E-state index contributed by atoms with van der Waals surface area (Å²) in [5, 5.41) is 12.5. The van der Waals surface area contributed by atoms with Crippen LogP contribution in [0.4, 0.5) is 19.0 Å². The van der Waals surface area contributed by atoms with Crippen molar-refractivity contribution in [2.45, 2.75) is 39.2 Å². The average Bonchev–Trinajstić information content (AvgIpc) is 2.83. The number of nitrogens with one attached hydrogen (secondary N) is 2. The van der Waals surface area contributed by atoms with Crippen molar-refractivity contribution < 1.29 is 23.1 Å². The van der Waals surface area contributed by atoms with Crippen molar-refractivity contribution in [1.82, 2.24) is 19.9 Å². The monoisotopic (exact) mass is 501 g/mol. The number of carbonyl (C=O) groups is 1. The zero-order valence-electron chi connectivity index (χ0n) is 20.0. The maximum Gasteiger partial charge on any atom is 0.298 e. The predicted octanol–water partition coefficient (Wildman–Crippen LogP) is 3.66. The third-order valence-corrected chi connectivity index (χ3v) is 6.26. The summed E-state index contributed by atoms with van der Waals surface area (Å²) in [5.74, 6) is -4.25. The Hall–Kier alpha value is -3.73. The summed E-state index contributed by atoms with van der Waals surface area (Å²) < 4.78 is 43.0. The first-order valence-corrected chi connectivity index (χ1v) is 11.4. The molecule has 3 N–H and O–H groups in total. The molecule has 0 fully saturated rings. The third-order valence-electron chi connectivity index (χ3n) is 6.26. The molecule has 0 bridgehead atoms. The molecule has 3 aromatic rings. The molecule has 0 saturated carbocycles. The number of carbonyl (C=O) groups excluding carboxylic acids is 1. The van der Waals surface area contributed by atoms with Crippen molar-refractivity contribution in [3.05, 3.63) is 69.0 Å². The number of halogens is 3. The minimum absolute atomic E-state index is 0.0333. The number of aryl methyl sites for hydroxylation is 1. The van der Waals surface area contributed by atoms with Gasteiger partial charge >= 0.3 is 0 Å². The Kier molecular flexibility index (Phi) is 6.85. The number of hydrogen-bond donors (Lipinski definition) is 3. The second-order valence-corrected chi connectivity index (χ2v) is 8.78. The lowest BCUT2D eigenvalue weighted by Gasteiger charge is -2.25. The van der Waals surface area contributed by atoms with Gasteiger partial charge in [0.1, 0.15) is 29.7 Å². The molecular formula is C25H26F3N5O3. The Morgan fingerprint density at radius 2 is 2.08 bits per heavy atom. The Labute approximate surface area is 204 Å². The van der Waals surface area contributed by atoms with Crippen LogP contribution in [0.5, 0.6) is 0 Å². The van der Waals surface area contributed by atoms with Crippen molar-refractivity contribution in [2.24, 2.45) is 0 Å². The van der Waals surface area contributed by atoms with Gasteiger partial charge in [0, 0.05) is 31.1 Å². The normalized spacial score (nSPS) is 15.1. The SMILES string of the molecule is CC(=O)N1CC=C(c2cc3c(N[C@H](C)c4cccc(C(F)(F)CO)c4F)nc(C)nc3[nH]c2=O)CC1. The van der Waals surface area contributed by atoms with Gasteiger partial charge in [0.05, 0.1) is 17.0 Å². The van der Waals surface area contributed by atoms with E-state index in [0.717, 1.165) is 11.6 Å². The molecule has 2 aromatic heterocycles. The topological polar surface area (TPSA) is 111 Å². The summed E-state index contributed by atoms with van der Waals surface area (Å²) in [4.78, 5) is 37.6. The third kappa shape index (κ3) is 4.83. The molecule has 11 heteroatoms. The van der Waals surface area contributed by atoms with Crippen molar-refractivity contribution in [2.75, 3.05) is 25.0 Å². The summed E-state index contributed by atoms with van der Waals surface area (Å²) in [6, 6.07) is 4.47. The minimum atomic E-state index is -3.72. The second kappa shape index (κ2) is 9.73. The van der Waals surface area contributed by atoms with E-state index in [-0.39, 0.29) is 22.7 Å². The molecule has 0 unspecified atom stereocenters. The van der Waals surface area contributed by atoms with Gasteiger partial charge in [0.25, 0.3) is 11.5 Å². The highest BCUT2D eigenvalue weighted by Gasteiger charge is 2.35. The van der Waals surface area contributed by atoms with E-state index in [2.05, 4.69) is 20.3 Å². The fourth-order valence-electron chi connectivity index (χ4n) is 4.28. The van der Waals surface area contributed by atoms with E-state index >= 15 is 4.39 Å². The lowest BCUT2D eigenvalue weighted by molar-refractivity contribution is -0.128. The van der Waals surface area contributed by atoms with Crippen LogP contribution in [0.25, 0.3) is 16.6 Å². The quantitative estimate of drug-likeness (QED) is 0.476. The van der Waals surface area contributed by atoms with Crippen LogP contribution in [0, 0.1) is 12.7 Å². The minimum Gasteiger partial charge on any atom is -0.390 e. The molecule has 3 heterocycles. The van der Waals surface area contributed by atoms with E-state index in [0.29, 0.717) is 42.1 Å². The van der Waals surface area contributed by atoms with E-state index in [4.69, 9.17) is 5.11 Å². The van der Waals surface area contributed by atoms with Gasteiger partial charge in [-0.1, -0.05) is 18.2 Å². The van der Waals surface area contributed by atoms with Crippen molar-refractivity contribution in [1.29, 1.82) is 0 Å². The zero-order chi connectivity index (χ0) is 26.2. The Morgan fingerprint density at radius 3 is 2.72 bits per heavy atom. The molecule has 190 valence electrons. The van der Waals surface area contributed by atoms with E-state index < -0.39 is 30.0 Å². The first-order chi connectivity index (χ1) is 17.0. The number of H-pyrrole nitrogens is 1. The number of rotatable bonds is 6. The number of hydrogen-bond acceptors (Lipinski definition) is 6. The lowest BCUT2D eigenvalue weighted by Crippen LogP contribution is -2.33. The van der Waals surface area contributed by atoms with Gasteiger partial charge in [-0.2, -0.15) is 8.78 Å². The van der Waals surface area contributed by atoms with Crippen LogP contribution in [0.3, 0.4) is 0 Å². The number of alkyl halides is 2. The van der Waals surface area contributed by atoms with E-state index in [1.54, 1.807) is 24.8 Å². The molecule has 4 rings (SSSR count). The summed E-state index contributed by atoms with van der Waals surface area (Å²) >= 11 is 0. The molecule has 1 aliphatic rings. The van der Waals surface area contributed by atoms with Crippen molar-refractivity contribution in [3.63, 3.8) is 0 Å². The number of anilines is 1. The molecule has 36 heavy (non-hydrogen) atoms. The summed E-state index contributed by atoms with van der Waals surface area (Å²) in [6.07, 6.45) is 2.32.